The molecule has 1 fully saturated rings. The lowest BCUT2D eigenvalue weighted by Crippen LogP contribution is -2.48. The molecule has 2 amide bonds. The summed E-state index contributed by atoms with van der Waals surface area (Å²) in [5, 5.41) is 0.914. The Morgan fingerprint density at radius 1 is 1.29 bits per heavy atom. The first-order chi connectivity index (χ1) is 8.11. The number of carbonyl (C=O) groups excluding carboxylic acids is 2. The van der Waals surface area contributed by atoms with E-state index in [-0.39, 0.29) is 5.91 Å². The van der Waals surface area contributed by atoms with Crippen LogP contribution in [0.2, 0.25) is 0 Å². The van der Waals surface area contributed by atoms with Gasteiger partial charge in [0, 0.05) is 26.2 Å². The fourth-order valence-corrected chi connectivity index (χ4v) is 2.79. The summed E-state index contributed by atoms with van der Waals surface area (Å²) in [6.45, 7) is 6.21. The minimum absolute atomic E-state index is 0.0404. The van der Waals surface area contributed by atoms with Crippen molar-refractivity contribution in [3.63, 3.8) is 0 Å². The SMILES string of the molecule is Cc1nc(C)c(C(=O)N2CCN(C=O)CC2)s1. The maximum atomic E-state index is 12.2. The van der Waals surface area contributed by atoms with E-state index >= 15 is 0 Å². The molecule has 1 aromatic rings. The molecule has 17 heavy (non-hydrogen) atoms. The van der Waals surface area contributed by atoms with Gasteiger partial charge in [-0.15, -0.1) is 11.3 Å². The van der Waals surface area contributed by atoms with Crippen molar-refractivity contribution in [1.29, 1.82) is 0 Å². The normalized spacial score (nSPS) is 16.1. The summed E-state index contributed by atoms with van der Waals surface area (Å²) in [7, 11) is 0. The number of nitrogens with zero attached hydrogens (tertiary/aromatic N) is 3. The highest BCUT2D eigenvalue weighted by molar-refractivity contribution is 7.13. The molecule has 0 radical (unpaired) electrons. The smallest absolute Gasteiger partial charge is 0.265 e. The van der Waals surface area contributed by atoms with Crippen LogP contribution in [0.3, 0.4) is 0 Å². The second-order valence-electron chi connectivity index (χ2n) is 4.08. The summed E-state index contributed by atoms with van der Waals surface area (Å²) in [6, 6.07) is 0. The third-order valence-electron chi connectivity index (χ3n) is 2.85. The lowest BCUT2D eigenvalue weighted by atomic mass is 10.3. The zero-order valence-corrected chi connectivity index (χ0v) is 10.8. The van der Waals surface area contributed by atoms with Crippen LogP contribution in [0.1, 0.15) is 20.4 Å². The molecular formula is C11H15N3O2S. The molecule has 0 aromatic carbocycles. The van der Waals surface area contributed by atoms with E-state index in [4.69, 9.17) is 0 Å². The monoisotopic (exact) mass is 253 g/mol. The molecular weight excluding hydrogens is 238 g/mol. The molecule has 1 aliphatic rings. The number of hydrogen-bond acceptors (Lipinski definition) is 4. The number of piperazine rings is 1. The summed E-state index contributed by atoms with van der Waals surface area (Å²) < 4.78 is 0. The van der Waals surface area contributed by atoms with Gasteiger partial charge in [0.15, 0.2) is 0 Å². The number of thiazole rings is 1. The van der Waals surface area contributed by atoms with Crippen LogP contribution in [-0.2, 0) is 4.79 Å². The number of amides is 2. The lowest BCUT2D eigenvalue weighted by Gasteiger charge is -2.32. The number of aromatic nitrogens is 1. The molecule has 0 aliphatic carbocycles. The summed E-state index contributed by atoms with van der Waals surface area (Å²) >= 11 is 1.44. The Morgan fingerprint density at radius 2 is 1.94 bits per heavy atom. The molecule has 2 heterocycles. The van der Waals surface area contributed by atoms with Gasteiger partial charge < -0.3 is 9.80 Å². The zero-order chi connectivity index (χ0) is 12.4. The zero-order valence-electron chi connectivity index (χ0n) is 9.97. The minimum Gasteiger partial charge on any atom is -0.342 e. The van der Waals surface area contributed by atoms with Crippen molar-refractivity contribution in [3.8, 4) is 0 Å². The van der Waals surface area contributed by atoms with Crippen LogP contribution in [0.25, 0.3) is 0 Å². The molecule has 0 N–H and O–H groups in total. The number of rotatable bonds is 2. The van der Waals surface area contributed by atoms with Crippen LogP contribution >= 0.6 is 11.3 Å². The van der Waals surface area contributed by atoms with E-state index < -0.39 is 0 Å². The second kappa shape index (κ2) is 4.83. The summed E-state index contributed by atoms with van der Waals surface area (Å²) in [6.07, 6.45) is 0.837. The maximum absolute atomic E-state index is 12.2. The van der Waals surface area contributed by atoms with E-state index in [1.54, 1.807) is 9.80 Å². The van der Waals surface area contributed by atoms with Gasteiger partial charge in [-0.2, -0.15) is 0 Å². The summed E-state index contributed by atoms with van der Waals surface area (Å²) in [4.78, 5) is 31.3. The highest BCUT2D eigenvalue weighted by Crippen LogP contribution is 2.19. The van der Waals surface area contributed by atoms with Crippen LogP contribution in [0.5, 0.6) is 0 Å². The average Bonchev–Trinajstić information content (AvgIpc) is 2.68. The van der Waals surface area contributed by atoms with E-state index in [0.717, 1.165) is 22.0 Å². The Balaban J connectivity index is 2.06. The molecule has 6 heteroatoms. The largest absolute Gasteiger partial charge is 0.342 e. The Hall–Kier alpha value is -1.43. The van der Waals surface area contributed by atoms with Gasteiger partial charge in [0.25, 0.3) is 5.91 Å². The molecule has 0 spiro atoms. The molecule has 0 unspecified atom stereocenters. The highest BCUT2D eigenvalue weighted by atomic mass is 32.1. The van der Waals surface area contributed by atoms with Gasteiger partial charge in [0.05, 0.1) is 10.7 Å². The van der Waals surface area contributed by atoms with Gasteiger partial charge in [0.1, 0.15) is 4.88 Å². The third kappa shape index (κ3) is 2.46. The van der Waals surface area contributed by atoms with Crippen molar-refractivity contribution in [3.05, 3.63) is 15.6 Å². The van der Waals surface area contributed by atoms with Crippen molar-refractivity contribution in [1.82, 2.24) is 14.8 Å². The number of aryl methyl sites for hydroxylation is 2. The predicted octanol–water partition coefficient (Wildman–Crippen LogP) is 0.674. The molecule has 0 atom stereocenters. The molecule has 2 rings (SSSR count). The van der Waals surface area contributed by atoms with Crippen LogP contribution in [0.4, 0.5) is 0 Å². The Labute approximate surface area is 104 Å². The average molecular weight is 253 g/mol. The van der Waals surface area contributed by atoms with E-state index in [0.29, 0.717) is 26.2 Å². The molecule has 1 aliphatic heterocycles. The quantitative estimate of drug-likeness (QED) is 0.728. The first kappa shape index (κ1) is 12.0. The van der Waals surface area contributed by atoms with Crippen LogP contribution < -0.4 is 0 Å². The van der Waals surface area contributed by atoms with E-state index in [9.17, 15) is 9.59 Å². The summed E-state index contributed by atoms with van der Waals surface area (Å²) in [5.41, 5.74) is 0.801. The number of carbonyl (C=O) groups is 2. The van der Waals surface area contributed by atoms with E-state index in [1.807, 2.05) is 13.8 Å². The van der Waals surface area contributed by atoms with Crippen LogP contribution in [0, 0.1) is 13.8 Å². The third-order valence-corrected chi connectivity index (χ3v) is 3.91. The van der Waals surface area contributed by atoms with Crippen LogP contribution in [-0.4, -0.2) is 53.3 Å². The van der Waals surface area contributed by atoms with Gasteiger partial charge in [0.2, 0.25) is 6.41 Å². The van der Waals surface area contributed by atoms with Crippen LogP contribution in [0.15, 0.2) is 0 Å². The first-order valence-electron chi connectivity index (χ1n) is 5.54. The molecule has 1 saturated heterocycles. The Morgan fingerprint density at radius 3 is 2.41 bits per heavy atom. The maximum Gasteiger partial charge on any atom is 0.265 e. The second-order valence-corrected chi connectivity index (χ2v) is 5.28. The molecule has 0 bridgehead atoms. The fourth-order valence-electron chi connectivity index (χ4n) is 1.90. The van der Waals surface area contributed by atoms with Gasteiger partial charge in [-0.3, -0.25) is 9.59 Å². The summed E-state index contributed by atoms with van der Waals surface area (Å²) in [5.74, 6) is 0.0404. The minimum atomic E-state index is 0.0404. The van der Waals surface area contributed by atoms with Crippen molar-refractivity contribution in [2.45, 2.75) is 13.8 Å². The van der Waals surface area contributed by atoms with Gasteiger partial charge in [-0.05, 0) is 13.8 Å². The van der Waals surface area contributed by atoms with Crippen molar-refractivity contribution in [2.24, 2.45) is 0 Å². The standard InChI is InChI=1S/C11H15N3O2S/c1-8-10(17-9(2)12-8)11(16)14-5-3-13(7-15)4-6-14/h7H,3-6H2,1-2H3. The Kier molecular flexibility index (Phi) is 3.42. The highest BCUT2D eigenvalue weighted by Gasteiger charge is 2.24. The Bertz CT molecular complexity index is 436. The molecule has 92 valence electrons. The van der Waals surface area contributed by atoms with Crippen molar-refractivity contribution >= 4 is 23.7 Å². The molecule has 5 nitrogen and oxygen atoms in total. The van der Waals surface area contributed by atoms with Crippen molar-refractivity contribution < 1.29 is 9.59 Å². The van der Waals surface area contributed by atoms with E-state index in [1.165, 1.54) is 11.3 Å². The lowest BCUT2D eigenvalue weighted by molar-refractivity contribution is -0.119. The molecule has 0 saturated carbocycles. The van der Waals surface area contributed by atoms with E-state index in [2.05, 4.69) is 4.98 Å². The number of hydrogen-bond donors (Lipinski definition) is 0. The molecule has 1 aromatic heterocycles. The van der Waals surface area contributed by atoms with Gasteiger partial charge in [-0.25, -0.2) is 4.98 Å². The van der Waals surface area contributed by atoms with Gasteiger partial charge >= 0.3 is 0 Å². The van der Waals surface area contributed by atoms with Gasteiger partial charge in [-0.1, -0.05) is 0 Å². The van der Waals surface area contributed by atoms with Crippen molar-refractivity contribution in [2.75, 3.05) is 26.2 Å². The topological polar surface area (TPSA) is 53.5 Å². The predicted molar refractivity (Wildman–Crippen MR) is 65.1 cm³/mol. The first-order valence-corrected chi connectivity index (χ1v) is 6.36. The fraction of sp³-hybridized carbons (Fsp3) is 0.545.